The molecule has 0 spiro atoms. The molecule has 0 radical (unpaired) electrons. The Kier molecular flexibility index (Phi) is 4.01. The fourth-order valence-corrected chi connectivity index (χ4v) is 2.58. The minimum Gasteiger partial charge on any atom is -0.477 e. The SMILES string of the molecule is Cc1ccc(Br)c(NC(=O)c2ccc(C(=O)O)s2)c1. The third-order valence-corrected chi connectivity index (χ3v) is 4.17. The minimum atomic E-state index is -1.03. The third-order valence-electron chi connectivity index (χ3n) is 2.41. The zero-order chi connectivity index (χ0) is 14.0. The number of halogens is 1. The van der Waals surface area contributed by atoms with Gasteiger partial charge in [-0.15, -0.1) is 11.3 Å². The summed E-state index contributed by atoms with van der Waals surface area (Å²) in [5.74, 6) is -1.34. The van der Waals surface area contributed by atoms with E-state index >= 15 is 0 Å². The van der Waals surface area contributed by atoms with E-state index in [1.807, 2.05) is 25.1 Å². The number of hydrogen-bond donors (Lipinski definition) is 2. The number of amides is 1. The Morgan fingerprint density at radius 2 is 1.89 bits per heavy atom. The maximum absolute atomic E-state index is 12.0. The molecule has 2 rings (SSSR count). The Morgan fingerprint density at radius 1 is 1.21 bits per heavy atom. The van der Waals surface area contributed by atoms with Gasteiger partial charge in [0.2, 0.25) is 0 Å². The highest BCUT2D eigenvalue weighted by molar-refractivity contribution is 9.10. The molecular weight excluding hydrogens is 330 g/mol. The van der Waals surface area contributed by atoms with Gasteiger partial charge in [0.15, 0.2) is 0 Å². The third kappa shape index (κ3) is 3.21. The number of anilines is 1. The number of benzene rings is 1. The molecule has 19 heavy (non-hydrogen) atoms. The van der Waals surface area contributed by atoms with Crippen LogP contribution in [0.2, 0.25) is 0 Å². The van der Waals surface area contributed by atoms with Gasteiger partial charge in [0, 0.05) is 4.47 Å². The van der Waals surface area contributed by atoms with Gasteiger partial charge in [-0.2, -0.15) is 0 Å². The van der Waals surface area contributed by atoms with E-state index in [0.717, 1.165) is 21.4 Å². The van der Waals surface area contributed by atoms with Crippen LogP contribution in [0.5, 0.6) is 0 Å². The summed E-state index contributed by atoms with van der Waals surface area (Å²) in [4.78, 5) is 23.3. The van der Waals surface area contributed by atoms with Crippen LogP contribution in [-0.2, 0) is 0 Å². The van der Waals surface area contributed by atoms with Crippen molar-refractivity contribution in [3.8, 4) is 0 Å². The molecule has 2 N–H and O–H groups in total. The average molecular weight is 340 g/mol. The number of hydrogen-bond acceptors (Lipinski definition) is 3. The van der Waals surface area contributed by atoms with Gasteiger partial charge in [0.05, 0.1) is 10.6 Å². The van der Waals surface area contributed by atoms with Crippen LogP contribution in [0.25, 0.3) is 0 Å². The summed E-state index contributed by atoms with van der Waals surface area (Å²) in [5, 5.41) is 11.6. The van der Waals surface area contributed by atoms with E-state index in [-0.39, 0.29) is 10.8 Å². The highest BCUT2D eigenvalue weighted by Crippen LogP contribution is 2.25. The van der Waals surface area contributed by atoms with E-state index in [9.17, 15) is 9.59 Å². The van der Waals surface area contributed by atoms with E-state index in [4.69, 9.17) is 5.11 Å². The molecule has 2 aromatic rings. The summed E-state index contributed by atoms with van der Waals surface area (Å²) >= 11 is 4.31. The van der Waals surface area contributed by atoms with E-state index < -0.39 is 5.97 Å². The van der Waals surface area contributed by atoms with Crippen LogP contribution < -0.4 is 5.32 Å². The second kappa shape index (κ2) is 5.54. The highest BCUT2D eigenvalue weighted by Gasteiger charge is 2.14. The molecule has 4 nitrogen and oxygen atoms in total. The van der Waals surface area contributed by atoms with E-state index in [1.54, 1.807) is 0 Å². The number of aryl methyl sites for hydroxylation is 1. The molecule has 0 unspecified atom stereocenters. The van der Waals surface area contributed by atoms with Gasteiger partial charge in [0.25, 0.3) is 5.91 Å². The van der Waals surface area contributed by atoms with Crippen molar-refractivity contribution < 1.29 is 14.7 Å². The van der Waals surface area contributed by atoms with Gasteiger partial charge < -0.3 is 10.4 Å². The van der Waals surface area contributed by atoms with Crippen molar-refractivity contribution in [3.05, 3.63) is 50.1 Å². The Balaban J connectivity index is 2.20. The van der Waals surface area contributed by atoms with Crippen LogP contribution >= 0.6 is 27.3 Å². The fraction of sp³-hybridized carbons (Fsp3) is 0.0769. The Hall–Kier alpha value is -1.66. The average Bonchev–Trinajstić information content (AvgIpc) is 2.83. The molecule has 98 valence electrons. The van der Waals surface area contributed by atoms with Crippen LogP contribution in [-0.4, -0.2) is 17.0 Å². The first kappa shape index (κ1) is 13.8. The molecule has 0 saturated carbocycles. The number of rotatable bonds is 3. The molecule has 1 aromatic heterocycles. The standard InChI is InChI=1S/C13H10BrNO3S/c1-7-2-3-8(14)9(6-7)15-12(16)10-4-5-11(19-10)13(17)18/h2-6H,1H3,(H,15,16)(H,17,18). The first-order chi connectivity index (χ1) is 8.97. The van der Waals surface area contributed by atoms with E-state index in [1.165, 1.54) is 12.1 Å². The van der Waals surface area contributed by atoms with Crippen molar-refractivity contribution in [2.24, 2.45) is 0 Å². The molecule has 0 aliphatic rings. The van der Waals surface area contributed by atoms with Crippen molar-refractivity contribution in [1.29, 1.82) is 0 Å². The number of carbonyl (C=O) groups excluding carboxylic acids is 1. The quantitative estimate of drug-likeness (QED) is 0.894. The van der Waals surface area contributed by atoms with Gasteiger partial charge in [-0.05, 0) is 52.7 Å². The number of nitrogens with one attached hydrogen (secondary N) is 1. The Labute approximate surface area is 122 Å². The molecule has 0 atom stereocenters. The summed E-state index contributed by atoms with van der Waals surface area (Å²) in [6.07, 6.45) is 0. The monoisotopic (exact) mass is 339 g/mol. The molecule has 0 aliphatic heterocycles. The molecule has 0 aliphatic carbocycles. The largest absolute Gasteiger partial charge is 0.477 e. The zero-order valence-electron chi connectivity index (χ0n) is 9.94. The Morgan fingerprint density at radius 3 is 2.53 bits per heavy atom. The molecule has 0 saturated heterocycles. The van der Waals surface area contributed by atoms with Gasteiger partial charge in [-0.3, -0.25) is 4.79 Å². The van der Waals surface area contributed by atoms with E-state index in [2.05, 4.69) is 21.2 Å². The molecule has 1 heterocycles. The molecular formula is C13H10BrNO3S. The lowest BCUT2D eigenvalue weighted by molar-refractivity contribution is 0.0702. The van der Waals surface area contributed by atoms with Crippen molar-refractivity contribution in [1.82, 2.24) is 0 Å². The fourth-order valence-electron chi connectivity index (χ4n) is 1.49. The highest BCUT2D eigenvalue weighted by atomic mass is 79.9. The summed E-state index contributed by atoms with van der Waals surface area (Å²) in [5.41, 5.74) is 1.69. The molecule has 6 heteroatoms. The number of thiophene rings is 1. The first-order valence-electron chi connectivity index (χ1n) is 5.38. The minimum absolute atomic E-state index is 0.147. The van der Waals surface area contributed by atoms with Crippen molar-refractivity contribution in [2.45, 2.75) is 6.92 Å². The maximum atomic E-state index is 12.0. The second-order valence-electron chi connectivity index (χ2n) is 3.91. The van der Waals surface area contributed by atoms with Crippen LogP contribution in [0.15, 0.2) is 34.8 Å². The molecule has 0 bridgehead atoms. The van der Waals surface area contributed by atoms with Crippen LogP contribution in [0, 0.1) is 6.92 Å². The first-order valence-corrected chi connectivity index (χ1v) is 6.99. The van der Waals surface area contributed by atoms with Crippen molar-refractivity contribution in [3.63, 3.8) is 0 Å². The molecule has 0 fully saturated rings. The second-order valence-corrected chi connectivity index (χ2v) is 5.84. The molecule has 1 aromatic carbocycles. The lowest BCUT2D eigenvalue weighted by atomic mass is 10.2. The van der Waals surface area contributed by atoms with Gasteiger partial charge in [-0.1, -0.05) is 6.07 Å². The van der Waals surface area contributed by atoms with E-state index in [0.29, 0.717) is 10.6 Å². The predicted octanol–water partition coefficient (Wildman–Crippen LogP) is 3.77. The maximum Gasteiger partial charge on any atom is 0.345 e. The zero-order valence-corrected chi connectivity index (χ0v) is 12.3. The lowest BCUT2D eigenvalue weighted by Crippen LogP contribution is -2.10. The number of carboxylic acids is 1. The lowest BCUT2D eigenvalue weighted by Gasteiger charge is -2.07. The van der Waals surface area contributed by atoms with Crippen LogP contribution in [0.3, 0.4) is 0 Å². The van der Waals surface area contributed by atoms with Crippen LogP contribution in [0.1, 0.15) is 24.9 Å². The number of carboxylic acid groups (broad SMARTS) is 1. The van der Waals surface area contributed by atoms with Gasteiger partial charge >= 0.3 is 5.97 Å². The number of carbonyl (C=O) groups is 2. The van der Waals surface area contributed by atoms with Gasteiger partial charge in [-0.25, -0.2) is 4.79 Å². The Bertz CT molecular complexity index is 651. The van der Waals surface area contributed by atoms with Crippen molar-refractivity contribution in [2.75, 3.05) is 5.32 Å². The normalized spacial score (nSPS) is 10.2. The molecule has 1 amide bonds. The summed E-state index contributed by atoms with van der Waals surface area (Å²) < 4.78 is 0.779. The summed E-state index contributed by atoms with van der Waals surface area (Å²) in [7, 11) is 0. The van der Waals surface area contributed by atoms with Crippen LogP contribution in [0.4, 0.5) is 5.69 Å². The smallest absolute Gasteiger partial charge is 0.345 e. The predicted molar refractivity (Wildman–Crippen MR) is 78.1 cm³/mol. The summed E-state index contributed by atoms with van der Waals surface area (Å²) in [6.45, 7) is 1.93. The van der Waals surface area contributed by atoms with Crippen molar-refractivity contribution >= 4 is 44.8 Å². The van der Waals surface area contributed by atoms with Gasteiger partial charge in [0.1, 0.15) is 4.88 Å². The number of aromatic carboxylic acids is 1. The topological polar surface area (TPSA) is 66.4 Å². The summed E-state index contributed by atoms with van der Waals surface area (Å²) in [6, 6.07) is 8.55.